The molecule has 2 aliphatic rings. The van der Waals surface area contributed by atoms with Crippen molar-refractivity contribution in [3.05, 3.63) is 54.9 Å². The Kier molecular flexibility index (Phi) is 5.87. The van der Waals surface area contributed by atoms with Crippen LogP contribution in [0.5, 0.6) is 5.75 Å². The molecule has 2 saturated heterocycles. The largest absolute Gasteiger partial charge is 0.497 e. The molecule has 3 aromatic rings. The lowest BCUT2D eigenvalue weighted by Crippen LogP contribution is -2.51. The Balaban J connectivity index is 1.20. The smallest absolute Gasteiger partial charge is 0.228 e. The highest BCUT2D eigenvalue weighted by molar-refractivity contribution is 6.00. The number of benzene rings is 1. The molecule has 34 heavy (non-hydrogen) atoms. The molecule has 0 aliphatic carbocycles. The standard InChI is InChI=1S/C24H27N7O3/c1-17-25-7-8-30(17)22-14-21(26-16-27-22)28-9-11-29(12-10-28)24(33)18-13-23(32)31(15-18)19-3-5-20(34-2)6-4-19/h3-8,14,16,18H,9-13,15H2,1-2H3. The Hall–Kier alpha value is -3.95. The summed E-state index contributed by atoms with van der Waals surface area (Å²) in [5.74, 6) is 2.88. The van der Waals surface area contributed by atoms with E-state index in [9.17, 15) is 9.59 Å². The number of aryl methyl sites for hydroxylation is 1. The summed E-state index contributed by atoms with van der Waals surface area (Å²) in [4.78, 5) is 44.6. The first-order valence-electron chi connectivity index (χ1n) is 11.3. The number of carbonyl (C=O) groups is 2. The number of rotatable bonds is 5. The molecule has 2 fully saturated rings. The van der Waals surface area contributed by atoms with Gasteiger partial charge in [0.25, 0.3) is 0 Å². The van der Waals surface area contributed by atoms with Gasteiger partial charge < -0.3 is 19.4 Å². The van der Waals surface area contributed by atoms with Crippen LogP contribution in [0.15, 0.2) is 49.1 Å². The number of hydrogen-bond acceptors (Lipinski definition) is 7. The van der Waals surface area contributed by atoms with Gasteiger partial charge in [0, 0.05) is 63.3 Å². The van der Waals surface area contributed by atoms with Crippen LogP contribution in [-0.4, -0.2) is 76.1 Å². The summed E-state index contributed by atoms with van der Waals surface area (Å²) in [6.45, 7) is 4.87. The normalized spacial score (nSPS) is 18.5. The fourth-order valence-electron chi connectivity index (χ4n) is 4.56. The van der Waals surface area contributed by atoms with Gasteiger partial charge >= 0.3 is 0 Å². The average Bonchev–Trinajstić information content (AvgIpc) is 3.49. The van der Waals surface area contributed by atoms with E-state index in [1.165, 1.54) is 0 Å². The third-order valence-electron chi connectivity index (χ3n) is 6.48. The van der Waals surface area contributed by atoms with Crippen LogP contribution < -0.4 is 14.5 Å². The monoisotopic (exact) mass is 461 g/mol. The van der Waals surface area contributed by atoms with E-state index in [0.717, 1.165) is 28.9 Å². The Morgan fingerprint density at radius 1 is 1.03 bits per heavy atom. The number of hydrogen-bond donors (Lipinski definition) is 0. The lowest BCUT2D eigenvalue weighted by molar-refractivity contribution is -0.136. The van der Waals surface area contributed by atoms with Gasteiger partial charge in [-0.05, 0) is 31.2 Å². The molecule has 4 heterocycles. The molecule has 0 radical (unpaired) electrons. The minimum absolute atomic E-state index is 0.0227. The average molecular weight is 462 g/mol. The maximum absolute atomic E-state index is 13.2. The van der Waals surface area contributed by atoms with Gasteiger partial charge in [-0.2, -0.15) is 0 Å². The first kappa shape index (κ1) is 21.9. The minimum atomic E-state index is -0.323. The Morgan fingerprint density at radius 2 is 1.76 bits per heavy atom. The van der Waals surface area contributed by atoms with E-state index in [1.807, 2.05) is 52.9 Å². The Bertz CT molecular complexity index is 1190. The molecule has 1 atom stereocenters. The highest BCUT2D eigenvalue weighted by Crippen LogP contribution is 2.28. The van der Waals surface area contributed by atoms with Gasteiger partial charge in [0.2, 0.25) is 11.8 Å². The van der Waals surface area contributed by atoms with Crippen LogP contribution in [0.2, 0.25) is 0 Å². The van der Waals surface area contributed by atoms with Gasteiger partial charge in [-0.3, -0.25) is 14.2 Å². The van der Waals surface area contributed by atoms with E-state index >= 15 is 0 Å². The summed E-state index contributed by atoms with van der Waals surface area (Å²) < 4.78 is 7.10. The number of amides is 2. The number of nitrogens with zero attached hydrogens (tertiary/aromatic N) is 7. The predicted molar refractivity (Wildman–Crippen MR) is 126 cm³/mol. The van der Waals surface area contributed by atoms with E-state index in [2.05, 4.69) is 19.9 Å². The van der Waals surface area contributed by atoms with E-state index in [-0.39, 0.29) is 24.2 Å². The van der Waals surface area contributed by atoms with Crippen LogP contribution in [0.4, 0.5) is 11.5 Å². The quantitative estimate of drug-likeness (QED) is 0.570. The van der Waals surface area contributed by atoms with Crippen molar-refractivity contribution in [2.75, 3.05) is 49.6 Å². The van der Waals surface area contributed by atoms with E-state index in [4.69, 9.17) is 4.74 Å². The molecule has 0 spiro atoms. The lowest BCUT2D eigenvalue weighted by atomic mass is 10.1. The molecule has 1 unspecified atom stereocenters. The number of ether oxygens (including phenoxy) is 1. The molecule has 0 saturated carbocycles. The molecule has 2 aromatic heterocycles. The molecule has 10 nitrogen and oxygen atoms in total. The number of methoxy groups -OCH3 is 1. The molecule has 10 heteroatoms. The summed E-state index contributed by atoms with van der Waals surface area (Å²) in [5.41, 5.74) is 0.790. The van der Waals surface area contributed by atoms with Crippen LogP contribution >= 0.6 is 0 Å². The number of imidazole rings is 1. The van der Waals surface area contributed by atoms with Crippen molar-refractivity contribution in [3.8, 4) is 11.6 Å². The fraction of sp³-hybridized carbons (Fsp3) is 0.375. The van der Waals surface area contributed by atoms with Crippen molar-refractivity contribution in [2.45, 2.75) is 13.3 Å². The zero-order chi connectivity index (χ0) is 23.7. The SMILES string of the molecule is COc1ccc(N2CC(C(=O)N3CCN(c4cc(-n5ccnc5C)ncn4)CC3)CC2=O)cc1. The van der Waals surface area contributed by atoms with Gasteiger partial charge in [-0.15, -0.1) is 0 Å². The first-order valence-corrected chi connectivity index (χ1v) is 11.3. The topological polar surface area (TPSA) is 96.7 Å². The van der Waals surface area contributed by atoms with Crippen molar-refractivity contribution in [1.82, 2.24) is 24.4 Å². The second-order valence-corrected chi connectivity index (χ2v) is 8.49. The summed E-state index contributed by atoms with van der Waals surface area (Å²) in [5, 5.41) is 0. The number of aromatic nitrogens is 4. The van der Waals surface area contributed by atoms with Gasteiger partial charge in [0.1, 0.15) is 29.5 Å². The summed E-state index contributed by atoms with van der Waals surface area (Å²) in [6.07, 6.45) is 5.41. The molecule has 2 aliphatic heterocycles. The second-order valence-electron chi connectivity index (χ2n) is 8.49. The lowest BCUT2D eigenvalue weighted by Gasteiger charge is -2.36. The van der Waals surface area contributed by atoms with Gasteiger partial charge in [0.15, 0.2) is 0 Å². The summed E-state index contributed by atoms with van der Waals surface area (Å²) in [6, 6.07) is 9.29. The van der Waals surface area contributed by atoms with Crippen LogP contribution in [-0.2, 0) is 9.59 Å². The van der Waals surface area contributed by atoms with Gasteiger partial charge in [-0.25, -0.2) is 15.0 Å². The highest BCUT2D eigenvalue weighted by atomic mass is 16.5. The molecule has 0 N–H and O–H groups in total. The summed E-state index contributed by atoms with van der Waals surface area (Å²) >= 11 is 0. The van der Waals surface area contributed by atoms with E-state index < -0.39 is 0 Å². The molecule has 1 aromatic carbocycles. The third-order valence-corrected chi connectivity index (χ3v) is 6.48. The molecule has 5 rings (SSSR count). The molecular formula is C24H27N7O3. The highest BCUT2D eigenvalue weighted by Gasteiger charge is 2.38. The molecule has 2 amide bonds. The zero-order valence-electron chi connectivity index (χ0n) is 19.3. The van der Waals surface area contributed by atoms with E-state index in [0.29, 0.717) is 32.7 Å². The maximum atomic E-state index is 13.2. The fourth-order valence-corrected chi connectivity index (χ4v) is 4.56. The maximum Gasteiger partial charge on any atom is 0.228 e. The molecular weight excluding hydrogens is 434 g/mol. The van der Waals surface area contributed by atoms with Crippen LogP contribution in [0.3, 0.4) is 0 Å². The number of anilines is 2. The van der Waals surface area contributed by atoms with Crippen LogP contribution in [0.1, 0.15) is 12.2 Å². The van der Waals surface area contributed by atoms with E-state index in [1.54, 1.807) is 24.5 Å². The van der Waals surface area contributed by atoms with Crippen molar-refractivity contribution in [2.24, 2.45) is 5.92 Å². The zero-order valence-corrected chi connectivity index (χ0v) is 19.3. The van der Waals surface area contributed by atoms with Gasteiger partial charge in [0.05, 0.1) is 13.0 Å². The summed E-state index contributed by atoms with van der Waals surface area (Å²) in [7, 11) is 1.61. The first-order chi connectivity index (χ1) is 16.5. The Labute approximate surface area is 197 Å². The van der Waals surface area contributed by atoms with Gasteiger partial charge in [-0.1, -0.05) is 0 Å². The molecule has 0 bridgehead atoms. The van der Waals surface area contributed by atoms with Crippen molar-refractivity contribution in [1.29, 1.82) is 0 Å². The Morgan fingerprint density at radius 3 is 2.44 bits per heavy atom. The molecule has 176 valence electrons. The second kappa shape index (κ2) is 9.12. The van der Waals surface area contributed by atoms with Crippen LogP contribution in [0, 0.1) is 12.8 Å². The number of piperazine rings is 1. The van der Waals surface area contributed by atoms with Crippen molar-refractivity contribution >= 4 is 23.3 Å². The van der Waals surface area contributed by atoms with Crippen molar-refractivity contribution in [3.63, 3.8) is 0 Å². The third kappa shape index (κ3) is 4.18. The van der Waals surface area contributed by atoms with Crippen LogP contribution in [0.25, 0.3) is 5.82 Å². The van der Waals surface area contributed by atoms with Crippen molar-refractivity contribution < 1.29 is 14.3 Å². The minimum Gasteiger partial charge on any atom is -0.497 e. The predicted octanol–water partition coefficient (Wildman–Crippen LogP) is 1.68. The number of carbonyl (C=O) groups excluding carboxylic acids is 2.